The van der Waals surface area contributed by atoms with Crippen LogP contribution in [-0.2, 0) is 9.53 Å². The second-order valence-corrected chi connectivity index (χ2v) is 6.53. The van der Waals surface area contributed by atoms with Gasteiger partial charge in [0.05, 0.1) is 6.54 Å². The van der Waals surface area contributed by atoms with Crippen LogP contribution in [0.4, 0.5) is 4.79 Å². The minimum Gasteiger partial charge on any atom is -0.480 e. The summed E-state index contributed by atoms with van der Waals surface area (Å²) >= 11 is 0. The zero-order chi connectivity index (χ0) is 16.0. The van der Waals surface area contributed by atoms with Crippen LogP contribution in [0.2, 0.25) is 0 Å². The Morgan fingerprint density at radius 2 is 2.00 bits per heavy atom. The maximum Gasteiger partial charge on any atom is 0.410 e. The first-order valence-corrected chi connectivity index (χ1v) is 7.66. The van der Waals surface area contributed by atoms with Crippen molar-refractivity contribution in [2.24, 2.45) is 0 Å². The summed E-state index contributed by atoms with van der Waals surface area (Å²) in [5.74, 6) is -0.817. The number of nitrogens with zero attached hydrogens (tertiary/aromatic N) is 2. The Balaban J connectivity index is 2.64. The third-order valence-electron chi connectivity index (χ3n) is 3.55. The monoisotopic (exact) mass is 300 g/mol. The van der Waals surface area contributed by atoms with E-state index in [1.807, 2.05) is 32.6 Å². The zero-order valence-electron chi connectivity index (χ0n) is 13.6. The highest BCUT2D eigenvalue weighted by Crippen LogP contribution is 2.19. The topological polar surface area (TPSA) is 70.1 Å². The Hall–Kier alpha value is -1.30. The second kappa shape index (κ2) is 7.64. The van der Waals surface area contributed by atoms with Crippen molar-refractivity contribution in [3.63, 3.8) is 0 Å². The normalized spacial score (nSPS) is 20.1. The molecule has 1 N–H and O–H groups in total. The van der Waals surface area contributed by atoms with Gasteiger partial charge in [-0.15, -0.1) is 0 Å². The summed E-state index contributed by atoms with van der Waals surface area (Å²) in [4.78, 5) is 26.7. The molecule has 0 aromatic heterocycles. The van der Waals surface area contributed by atoms with Crippen LogP contribution in [0.25, 0.3) is 0 Å². The number of carboxylic acids is 1. The van der Waals surface area contributed by atoms with Crippen LogP contribution >= 0.6 is 0 Å². The largest absolute Gasteiger partial charge is 0.480 e. The van der Waals surface area contributed by atoms with Crippen LogP contribution in [0.5, 0.6) is 0 Å². The number of aliphatic carboxylic acids is 1. The summed E-state index contributed by atoms with van der Waals surface area (Å²) in [6.07, 6.45) is 2.69. The van der Waals surface area contributed by atoms with Crippen LogP contribution in [-0.4, -0.2) is 64.8 Å². The lowest BCUT2D eigenvalue weighted by Crippen LogP contribution is -2.50. The van der Waals surface area contributed by atoms with Gasteiger partial charge in [0.1, 0.15) is 5.60 Å². The van der Waals surface area contributed by atoms with Gasteiger partial charge in [-0.2, -0.15) is 0 Å². The van der Waals surface area contributed by atoms with Crippen molar-refractivity contribution in [1.29, 1.82) is 0 Å². The fraction of sp³-hybridized carbons (Fsp3) is 0.867. The molecule has 1 aliphatic heterocycles. The van der Waals surface area contributed by atoms with Gasteiger partial charge in [-0.05, 0) is 47.1 Å². The first kappa shape index (κ1) is 17.8. The molecule has 1 fully saturated rings. The lowest BCUT2D eigenvalue weighted by molar-refractivity contribution is -0.139. The van der Waals surface area contributed by atoms with Gasteiger partial charge in [-0.25, -0.2) is 4.79 Å². The molecule has 0 bridgehead atoms. The molecule has 0 saturated carbocycles. The number of carboxylic acid groups (broad SMARTS) is 1. The second-order valence-electron chi connectivity index (χ2n) is 6.53. The molecule has 1 atom stereocenters. The van der Waals surface area contributed by atoms with Crippen LogP contribution in [0.15, 0.2) is 0 Å². The lowest BCUT2D eigenvalue weighted by atomic mass is 10.0. The molecule has 21 heavy (non-hydrogen) atoms. The molecular formula is C15H28N2O4. The number of ether oxygens (including phenoxy) is 1. The molecule has 1 amide bonds. The van der Waals surface area contributed by atoms with Gasteiger partial charge in [-0.1, -0.05) is 6.42 Å². The van der Waals surface area contributed by atoms with E-state index in [1.54, 1.807) is 4.90 Å². The van der Waals surface area contributed by atoms with E-state index in [2.05, 4.69) is 0 Å². The van der Waals surface area contributed by atoms with Crippen molar-refractivity contribution in [1.82, 2.24) is 9.80 Å². The molecule has 1 aliphatic rings. The van der Waals surface area contributed by atoms with E-state index < -0.39 is 11.6 Å². The van der Waals surface area contributed by atoms with Crippen molar-refractivity contribution in [3.8, 4) is 0 Å². The number of hydrogen-bond donors (Lipinski definition) is 1. The Bertz CT molecular complexity index is 365. The molecule has 1 heterocycles. The number of amides is 1. The van der Waals surface area contributed by atoms with Gasteiger partial charge in [-0.3, -0.25) is 9.69 Å². The molecule has 0 aromatic carbocycles. The van der Waals surface area contributed by atoms with Crippen molar-refractivity contribution in [2.75, 3.05) is 26.2 Å². The van der Waals surface area contributed by atoms with Gasteiger partial charge < -0.3 is 14.7 Å². The van der Waals surface area contributed by atoms with E-state index in [0.717, 1.165) is 25.8 Å². The molecule has 0 aromatic rings. The van der Waals surface area contributed by atoms with Gasteiger partial charge >= 0.3 is 12.1 Å². The predicted octanol–water partition coefficient (Wildman–Crippen LogP) is 2.18. The predicted molar refractivity (Wildman–Crippen MR) is 80.3 cm³/mol. The Morgan fingerprint density at radius 1 is 1.33 bits per heavy atom. The minimum atomic E-state index is -0.817. The van der Waals surface area contributed by atoms with Crippen molar-refractivity contribution in [2.45, 2.75) is 58.6 Å². The van der Waals surface area contributed by atoms with Gasteiger partial charge in [0.2, 0.25) is 0 Å². The van der Waals surface area contributed by atoms with Crippen LogP contribution in [0, 0.1) is 0 Å². The molecule has 122 valence electrons. The van der Waals surface area contributed by atoms with Crippen molar-refractivity contribution >= 4 is 12.1 Å². The number of carbonyl (C=O) groups excluding carboxylic acids is 1. The summed E-state index contributed by atoms with van der Waals surface area (Å²) in [5.41, 5.74) is -0.516. The summed E-state index contributed by atoms with van der Waals surface area (Å²) in [6, 6.07) is 0.0994. The SMILES string of the molecule is CCN(C[C@H]1CCCCN1CC(=O)O)C(=O)OC(C)(C)C. The maximum absolute atomic E-state index is 12.2. The van der Waals surface area contributed by atoms with E-state index in [4.69, 9.17) is 9.84 Å². The Labute approximate surface area is 127 Å². The highest BCUT2D eigenvalue weighted by molar-refractivity contribution is 5.69. The maximum atomic E-state index is 12.2. The van der Waals surface area contributed by atoms with Crippen molar-refractivity contribution < 1.29 is 19.4 Å². The van der Waals surface area contributed by atoms with Crippen molar-refractivity contribution in [3.05, 3.63) is 0 Å². The first-order valence-electron chi connectivity index (χ1n) is 7.66. The van der Waals surface area contributed by atoms with E-state index in [0.29, 0.717) is 13.1 Å². The van der Waals surface area contributed by atoms with Gasteiger partial charge in [0.25, 0.3) is 0 Å². The van der Waals surface area contributed by atoms with Crippen LogP contribution in [0.3, 0.4) is 0 Å². The molecular weight excluding hydrogens is 272 g/mol. The molecule has 0 aliphatic carbocycles. The molecule has 6 nitrogen and oxygen atoms in total. The van der Waals surface area contributed by atoms with Gasteiger partial charge in [0, 0.05) is 19.1 Å². The fourth-order valence-electron chi connectivity index (χ4n) is 2.56. The molecule has 1 saturated heterocycles. The Kier molecular flexibility index (Phi) is 6.45. The number of rotatable bonds is 5. The van der Waals surface area contributed by atoms with Gasteiger partial charge in [0.15, 0.2) is 0 Å². The van der Waals surface area contributed by atoms with E-state index in [-0.39, 0.29) is 18.7 Å². The van der Waals surface area contributed by atoms with E-state index in [9.17, 15) is 9.59 Å². The lowest BCUT2D eigenvalue weighted by Gasteiger charge is -2.37. The molecule has 6 heteroatoms. The standard InChI is InChI=1S/C15H28N2O4/c1-5-16(14(20)21-15(2,3)4)10-12-8-6-7-9-17(12)11-13(18)19/h12H,5-11H2,1-4H3,(H,18,19)/t12-/m1/s1. The number of likely N-dealkylation sites (N-methyl/N-ethyl adjacent to an activating group) is 1. The number of likely N-dealkylation sites (tertiary alicyclic amines) is 1. The summed E-state index contributed by atoms with van der Waals surface area (Å²) < 4.78 is 5.40. The summed E-state index contributed by atoms with van der Waals surface area (Å²) in [5, 5.41) is 8.99. The molecule has 0 radical (unpaired) electrons. The number of carbonyl (C=O) groups is 2. The van der Waals surface area contributed by atoms with E-state index in [1.165, 1.54) is 0 Å². The fourth-order valence-corrected chi connectivity index (χ4v) is 2.56. The highest BCUT2D eigenvalue weighted by atomic mass is 16.6. The zero-order valence-corrected chi connectivity index (χ0v) is 13.6. The highest BCUT2D eigenvalue weighted by Gasteiger charge is 2.29. The van der Waals surface area contributed by atoms with Crippen LogP contribution in [0.1, 0.15) is 47.0 Å². The molecule has 1 rings (SSSR count). The smallest absolute Gasteiger partial charge is 0.410 e. The average molecular weight is 300 g/mol. The summed E-state index contributed by atoms with van der Waals surface area (Å²) in [6.45, 7) is 9.35. The molecule has 0 unspecified atom stereocenters. The molecule has 0 spiro atoms. The Morgan fingerprint density at radius 3 is 2.52 bits per heavy atom. The van der Waals surface area contributed by atoms with E-state index >= 15 is 0 Å². The minimum absolute atomic E-state index is 0.0382. The number of hydrogen-bond acceptors (Lipinski definition) is 4. The number of piperidine rings is 1. The first-order chi connectivity index (χ1) is 9.73. The quantitative estimate of drug-likeness (QED) is 0.842. The third-order valence-corrected chi connectivity index (χ3v) is 3.55. The van der Waals surface area contributed by atoms with Crippen LogP contribution < -0.4 is 0 Å². The third kappa shape index (κ3) is 6.33. The summed E-state index contributed by atoms with van der Waals surface area (Å²) in [7, 11) is 0. The average Bonchev–Trinajstić information content (AvgIpc) is 2.34.